The smallest absolute Gasteiger partial charge is 0.0741 e. The van der Waals surface area contributed by atoms with Crippen LogP contribution in [0.15, 0.2) is 18.2 Å². The van der Waals surface area contributed by atoms with Crippen molar-refractivity contribution in [3.05, 3.63) is 23.2 Å². The summed E-state index contributed by atoms with van der Waals surface area (Å²) in [5.74, 6) is 0.824. The van der Waals surface area contributed by atoms with Crippen molar-refractivity contribution >= 4 is 23.0 Å². The fourth-order valence-electron chi connectivity index (χ4n) is 2.31. The summed E-state index contributed by atoms with van der Waals surface area (Å²) in [7, 11) is 0. The molecule has 88 valence electrons. The maximum Gasteiger partial charge on any atom is 0.0741 e. The summed E-state index contributed by atoms with van der Waals surface area (Å²) >= 11 is 6.05. The second-order valence-electron chi connectivity index (χ2n) is 4.70. The SMILES string of the molecule is CC1CCCN(c2cccc(Cl)c2N)CC1. The molecule has 2 nitrogen and oxygen atoms in total. The molecule has 1 aromatic carbocycles. The van der Waals surface area contributed by atoms with Crippen LogP contribution in [0, 0.1) is 5.92 Å². The lowest BCUT2D eigenvalue weighted by atomic mass is 10.0. The number of benzene rings is 1. The molecular formula is C13H19ClN2. The van der Waals surface area contributed by atoms with Crippen LogP contribution in [0.25, 0.3) is 0 Å². The zero-order chi connectivity index (χ0) is 11.5. The van der Waals surface area contributed by atoms with Crippen LogP contribution in [0.5, 0.6) is 0 Å². The molecule has 0 spiro atoms. The molecule has 1 atom stereocenters. The van der Waals surface area contributed by atoms with Gasteiger partial charge in [0.15, 0.2) is 0 Å². The zero-order valence-electron chi connectivity index (χ0n) is 9.75. The molecule has 0 bridgehead atoms. The molecule has 1 heterocycles. The Kier molecular flexibility index (Phi) is 3.59. The lowest BCUT2D eigenvalue weighted by Crippen LogP contribution is -2.25. The third-order valence-electron chi connectivity index (χ3n) is 3.39. The molecule has 3 heteroatoms. The molecule has 1 unspecified atom stereocenters. The number of hydrogen-bond donors (Lipinski definition) is 1. The van der Waals surface area contributed by atoms with Crippen molar-refractivity contribution in [2.24, 2.45) is 5.92 Å². The number of halogens is 1. The summed E-state index contributed by atoms with van der Waals surface area (Å²) in [6, 6.07) is 5.89. The first kappa shape index (κ1) is 11.6. The van der Waals surface area contributed by atoms with Crippen LogP contribution in [0.3, 0.4) is 0 Å². The highest BCUT2D eigenvalue weighted by atomic mass is 35.5. The third-order valence-corrected chi connectivity index (χ3v) is 3.72. The molecule has 1 fully saturated rings. The van der Waals surface area contributed by atoms with Gasteiger partial charge in [0.1, 0.15) is 0 Å². The minimum absolute atomic E-state index is 0.662. The van der Waals surface area contributed by atoms with Gasteiger partial charge in [-0.1, -0.05) is 24.6 Å². The van der Waals surface area contributed by atoms with Crippen LogP contribution >= 0.6 is 11.6 Å². The first-order valence-corrected chi connectivity index (χ1v) is 6.35. The highest BCUT2D eigenvalue weighted by molar-refractivity contribution is 6.33. The van der Waals surface area contributed by atoms with Crippen molar-refractivity contribution < 1.29 is 0 Å². The Bertz CT molecular complexity index is 365. The maximum atomic E-state index is 6.05. The first-order chi connectivity index (χ1) is 7.68. The van der Waals surface area contributed by atoms with E-state index in [1.54, 1.807) is 0 Å². The predicted octanol–water partition coefficient (Wildman–Crippen LogP) is 3.55. The Hall–Kier alpha value is -0.890. The molecule has 16 heavy (non-hydrogen) atoms. The molecule has 0 radical (unpaired) electrons. The second-order valence-corrected chi connectivity index (χ2v) is 5.10. The number of rotatable bonds is 1. The molecule has 0 amide bonds. The van der Waals surface area contributed by atoms with E-state index in [0.29, 0.717) is 5.02 Å². The summed E-state index contributed by atoms with van der Waals surface area (Å²) in [6.45, 7) is 4.51. The van der Waals surface area contributed by atoms with Crippen molar-refractivity contribution in [3.8, 4) is 0 Å². The van der Waals surface area contributed by atoms with Gasteiger partial charge < -0.3 is 10.6 Å². The molecule has 1 saturated heterocycles. The van der Waals surface area contributed by atoms with Crippen LogP contribution < -0.4 is 10.6 Å². The minimum atomic E-state index is 0.662. The molecule has 1 aromatic rings. The van der Waals surface area contributed by atoms with E-state index < -0.39 is 0 Å². The summed E-state index contributed by atoms with van der Waals surface area (Å²) in [4.78, 5) is 2.37. The number of hydrogen-bond acceptors (Lipinski definition) is 2. The lowest BCUT2D eigenvalue weighted by molar-refractivity contribution is 0.521. The molecule has 1 aliphatic rings. The summed E-state index contributed by atoms with van der Waals surface area (Å²) in [5.41, 5.74) is 7.85. The highest BCUT2D eigenvalue weighted by Crippen LogP contribution is 2.32. The van der Waals surface area contributed by atoms with Crippen molar-refractivity contribution in [3.63, 3.8) is 0 Å². The number of nitrogen functional groups attached to an aromatic ring is 1. The van der Waals surface area contributed by atoms with Crippen molar-refractivity contribution in [2.45, 2.75) is 26.2 Å². The Morgan fingerprint density at radius 3 is 2.94 bits per heavy atom. The lowest BCUT2D eigenvalue weighted by Gasteiger charge is -2.24. The van der Waals surface area contributed by atoms with Crippen LogP contribution in [-0.2, 0) is 0 Å². The largest absolute Gasteiger partial charge is 0.396 e. The highest BCUT2D eigenvalue weighted by Gasteiger charge is 2.16. The van der Waals surface area contributed by atoms with E-state index in [9.17, 15) is 0 Å². The van der Waals surface area contributed by atoms with Crippen molar-refractivity contribution in [1.82, 2.24) is 0 Å². The van der Waals surface area contributed by atoms with E-state index in [0.717, 1.165) is 30.4 Å². The van der Waals surface area contributed by atoms with Gasteiger partial charge in [0.2, 0.25) is 0 Å². The fraction of sp³-hybridized carbons (Fsp3) is 0.538. The first-order valence-electron chi connectivity index (χ1n) is 5.97. The van der Waals surface area contributed by atoms with Gasteiger partial charge in [-0.15, -0.1) is 0 Å². The third kappa shape index (κ3) is 2.43. The van der Waals surface area contributed by atoms with Gasteiger partial charge in [-0.2, -0.15) is 0 Å². The standard InChI is InChI=1S/C13H19ClN2/c1-10-4-3-8-16(9-7-10)12-6-2-5-11(14)13(12)15/h2,5-6,10H,3-4,7-9,15H2,1H3. The van der Waals surface area contributed by atoms with Gasteiger partial charge in [0.05, 0.1) is 16.4 Å². The van der Waals surface area contributed by atoms with Crippen LogP contribution in [0.2, 0.25) is 5.02 Å². The van der Waals surface area contributed by atoms with Gasteiger partial charge >= 0.3 is 0 Å². The maximum absolute atomic E-state index is 6.05. The number of anilines is 2. The molecule has 1 aliphatic heterocycles. The minimum Gasteiger partial charge on any atom is -0.396 e. The van der Waals surface area contributed by atoms with Gasteiger partial charge in [-0.3, -0.25) is 0 Å². The average molecular weight is 239 g/mol. The second kappa shape index (κ2) is 4.96. The van der Waals surface area contributed by atoms with Crippen molar-refractivity contribution in [2.75, 3.05) is 23.7 Å². The monoisotopic (exact) mass is 238 g/mol. The Morgan fingerprint density at radius 2 is 2.12 bits per heavy atom. The number of nitrogens with two attached hydrogens (primary N) is 1. The average Bonchev–Trinajstić information content (AvgIpc) is 2.47. The van der Waals surface area contributed by atoms with E-state index in [4.69, 9.17) is 17.3 Å². The van der Waals surface area contributed by atoms with Gasteiger partial charge in [-0.05, 0) is 37.3 Å². The normalized spacial score (nSPS) is 21.9. The van der Waals surface area contributed by atoms with E-state index in [1.165, 1.54) is 19.3 Å². The van der Waals surface area contributed by atoms with E-state index in [1.807, 2.05) is 12.1 Å². The van der Waals surface area contributed by atoms with E-state index in [2.05, 4.69) is 17.9 Å². The Labute approximate surface area is 102 Å². The van der Waals surface area contributed by atoms with Crippen LogP contribution in [-0.4, -0.2) is 13.1 Å². The van der Waals surface area contributed by atoms with Gasteiger partial charge in [0.25, 0.3) is 0 Å². The fourth-order valence-corrected chi connectivity index (χ4v) is 2.47. The Morgan fingerprint density at radius 1 is 1.31 bits per heavy atom. The number of nitrogens with zero attached hydrogens (tertiary/aromatic N) is 1. The predicted molar refractivity (Wildman–Crippen MR) is 71.1 cm³/mol. The summed E-state index contributed by atoms with van der Waals surface area (Å²) in [6.07, 6.45) is 3.80. The van der Waals surface area contributed by atoms with Gasteiger partial charge in [-0.25, -0.2) is 0 Å². The quantitative estimate of drug-likeness (QED) is 0.759. The molecule has 2 N–H and O–H groups in total. The zero-order valence-corrected chi connectivity index (χ0v) is 10.5. The molecule has 0 saturated carbocycles. The van der Waals surface area contributed by atoms with Gasteiger partial charge in [0, 0.05) is 13.1 Å². The number of para-hydroxylation sites is 1. The Balaban J connectivity index is 2.20. The van der Waals surface area contributed by atoms with Crippen LogP contribution in [0.4, 0.5) is 11.4 Å². The summed E-state index contributed by atoms with van der Waals surface area (Å²) in [5, 5.41) is 0.662. The molecule has 2 rings (SSSR count). The van der Waals surface area contributed by atoms with E-state index in [-0.39, 0.29) is 0 Å². The van der Waals surface area contributed by atoms with Crippen molar-refractivity contribution in [1.29, 1.82) is 0 Å². The molecule has 0 aromatic heterocycles. The molecular weight excluding hydrogens is 220 g/mol. The molecule has 0 aliphatic carbocycles. The van der Waals surface area contributed by atoms with E-state index >= 15 is 0 Å². The van der Waals surface area contributed by atoms with Crippen LogP contribution in [0.1, 0.15) is 26.2 Å². The topological polar surface area (TPSA) is 29.3 Å². The summed E-state index contributed by atoms with van der Waals surface area (Å²) < 4.78 is 0.